The zero-order valence-electron chi connectivity index (χ0n) is 10.5. The third-order valence-electron chi connectivity index (χ3n) is 3.11. The van der Waals surface area contributed by atoms with Gasteiger partial charge in [-0.15, -0.1) is 0 Å². The Bertz CT molecular complexity index is 630. The number of benzene rings is 1. The minimum Gasteiger partial charge on any atom is -0.324 e. The van der Waals surface area contributed by atoms with Gasteiger partial charge in [-0.3, -0.25) is 0 Å². The van der Waals surface area contributed by atoms with Crippen molar-refractivity contribution in [1.82, 2.24) is 9.97 Å². The molecule has 3 rings (SSSR count). The first kappa shape index (κ1) is 12.3. The van der Waals surface area contributed by atoms with Gasteiger partial charge in [0.25, 0.3) is 0 Å². The van der Waals surface area contributed by atoms with E-state index in [-0.39, 0.29) is 6.04 Å². The number of rotatable bonds is 4. The molecule has 2 N–H and O–H groups in total. The van der Waals surface area contributed by atoms with E-state index in [1.807, 2.05) is 30.3 Å². The number of nitrogens with zero attached hydrogens (tertiary/aromatic N) is 2. The smallest absolute Gasteiger partial charge is 0.143 e. The third-order valence-corrected chi connectivity index (χ3v) is 4.15. The molecule has 2 heterocycles. The zero-order chi connectivity index (χ0) is 13.1. The number of aryl methyl sites for hydroxylation is 1. The maximum Gasteiger partial charge on any atom is 0.143 e. The fourth-order valence-corrected chi connectivity index (χ4v) is 2.99. The first-order valence-corrected chi connectivity index (χ1v) is 7.15. The van der Waals surface area contributed by atoms with Crippen molar-refractivity contribution < 1.29 is 0 Å². The molecule has 96 valence electrons. The monoisotopic (exact) mass is 269 g/mol. The van der Waals surface area contributed by atoms with Crippen molar-refractivity contribution in [3.63, 3.8) is 0 Å². The minimum absolute atomic E-state index is 0.0705. The van der Waals surface area contributed by atoms with Crippen molar-refractivity contribution in [3.05, 3.63) is 59.2 Å². The van der Waals surface area contributed by atoms with Crippen LogP contribution in [0.2, 0.25) is 0 Å². The lowest BCUT2D eigenvalue weighted by molar-refractivity contribution is 0.650. The van der Waals surface area contributed by atoms with Gasteiger partial charge >= 0.3 is 0 Å². The summed E-state index contributed by atoms with van der Waals surface area (Å²) in [6, 6.07) is 14.2. The predicted molar refractivity (Wildman–Crippen MR) is 79.1 cm³/mol. The Labute approximate surface area is 116 Å². The average molecular weight is 269 g/mol. The second-order valence-electron chi connectivity index (χ2n) is 4.49. The van der Waals surface area contributed by atoms with Crippen LogP contribution in [0.5, 0.6) is 0 Å². The van der Waals surface area contributed by atoms with Crippen molar-refractivity contribution in [2.24, 2.45) is 5.73 Å². The van der Waals surface area contributed by atoms with E-state index in [4.69, 9.17) is 5.73 Å². The first-order valence-electron chi connectivity index (χ1n) is 6.34. The highest BCUT2D eigenvalue weighted by atomic mass is 32.1. The molecule has 0 spiro atoms. The molecule has 1 aromatic carbocycles. The molecule has 2 aromatic heterocycles. The Balaban J connectivity index is 1.69. The quantitative estimate of drug-likeness (QED) is 0.790. The van der Waals surface area contributed by atoms with E-state index in [2.05, 4.69) is 22.1 Å². The molecule has 19 heavy (non-hydrogen) atoms. The molecule has 0 fully saturated rings. The van der Waals surface area contributed by atoms with Crippen LogP contribution in [0.15, 0.2) is 48.7 Å². The van der Waals surface area contributed by atoms with Gasteiger partial charge in [-0.1, -0.05) is 41.7 Å². The van der Waals surface area contributed by atoms with Gasteiger partial charge in [0.2, 0.25) is 0 Å². The van der Waals surface area contributed by atoms with Gasteiger partial charge in [0.1, 0.15) is 10.3 Å². The molecule has 3 aromatic rings. The Kier molecular flexibility index (Phi) is 3.53. The van der Waals surface area contributed by atoms with Crippen molar-refractivity contribution in [3.8, 4) is 0 Å². The molecule has 0 aliphatic rings. The molecular formula is C15H15N3S. The zero-order valence-corrected chi connectivity index (χ0v) is 11.3. The SMILES string of the molecule is NC(CCc1nc2cccnc2s1)c1ccccc1. The molecule has 4 heteroatoms. The molecule has 0 amide bonds. The summed E-state index contributed by atoms with van der Waals surface area (Å²) in [4.78, 5) is 9.90. The molecule has 0 radical (unpaired) electrons. The fraction of sp³-hybridized carbons (Fsp3) is 0.200. The van der Waals surface area contributed by atoms with E-state index in [9.17, 15) is 0 Å². The van der Waals surface area contributed by atoms with Crippen LogP contribution in [0.4, 0.5) is 0 Å². The number of hydrogen-bond acceptors (Lipinski definition) is 4. The van der Waals surface area contributed by atoms with E-state index < -0.39 is 0 Å². The first-order chi connectivity index (χ1) is 9.33. The summed E-state index contributed by atoms with van der Waals surface area (Å²) in [6.45, 7) is 0. The number of hydrogen-bond donors (Lipinski definition) is 1. The van der Waals surface area contributed by atoms with Crippen LogP contribution in [-0.2, 0) is 6.42 Å². The van der Waals surface area contributed by atoms with Crippen LogP contribution in [0.3, 0.4) is 0 Å². The van der Waals surface area contributed by atoms with E-state index in [0.717, 1.165) is 28.2 Å². The summed E-state index contributed by atoms with van der Waals surface area (Å²) in [5.74, 6) is 0. The molecule has 0 bridgehead atoms. The molecule has 0 saturated heterocycles. The van der Waals surface area contributed by atoms with Crippen molar-refractivity contribution in [2.45, 2.75) is 18.9 Å². The van der Waals surface area contributed by atoms with E-state index in [1.165, 1.54) is 5.56 Å². The summed E-state index contributed by atoms with van der Waals surface area (Å²) >= 11 is 1.66. The maximum atomic E-state index is 6.20. The van der Waals surface area contributed by atoms with Crippen LogP contribution in [0.1, 0.15) is 23.0 Å². The maximum absolute atomic E-state index is 6.20. The Morgan fingerprint density at radius 1 is 1.11 bits per heavy atom. The topological polar surface area (TPSA) is 51.8 Å². The number of nitrogens with two attached hydrogens (primary N) is 1. The van der Waals surface area contributed by atoms with E-state index >= 15 is 0 Å². The second-order valence-corrected chi connectivity index (χ2v) is 5.55. The van der Waals surface area contributed by atoms with Gasteiger partial charge < -0.3 is 5.73 Å². The van der Waals surface area contributed by atoms with Gasteiger partial charge in [-0.25, -0.2) is 9.97 Å². The second kappa shape index (κ2) is 5.47. The lowest BCUT2D eigenvalue weighted by Crippen LogP contribution is -2.10. The van der Waals surface area contributed by atoms with Gasteiger partial charge in [0.15, 0.2) is 0 Å². The van der Waals surface area contributed by atoms with Crippen LogP contribution >= 0.6 is 11.3 Å². The highest BCUT2D eigenvalue weighted by Crippen LogP contribution is 2.23. The number of pyridine rings is 1. The fourth-order valence-electron chi connectivity index (χ4n) is 2.07. The molecule has 0 aliphatic carbocycles. The Morgan fingerprint density at radius 2 is 1.95 bits per heavy atom. The van der Waals surface area contributed by atoms with Gasteiger partial charge in [0, 0.05) is 18.7 Å². The van der Waals surface area contributed by atoms with E-state index in [1.54, 1.807) is 17.5 Å². The summed E-state index contributed by atoms with van der Waals surface area (Å²) in [5, 5.41) is 1.11. The molecule has 1 unspecified atom stereocenters. The number of thiazole rings is 1. The predicted octanol–water partition coefficient (Wildman–Crippen LogP) is 3.32. The summed E-state index contributed by atoms with van der Waals surface area (Å²) in [5.41, 5.74) is 8.36. The highest BCUT2D eigenvalue weighted by molar-refractivity contribution is 7.18. The third kappa shape index (κ3) is 2.80. The number of aromatic nitrogens is 2. The molecule has 1 atom stereocenters. The van der Waals surface area contributed by atoms with Crippen LogP contribution < -0.4 is 5.73 Å². The van der Waals surface area contributed by atoms with Crippen LogP contribution in [0, 0.1) is 0 Å². The normalized spacial score (nSPS) is 12.7. The van der Waals surface area contributed by atoms with Crippen molar-refractivity contribution >= 4 is 21.7 Å². The Hall–Kier alpha value is -1.78. The standard InChI is InChI=1S/C15H15N3S/c16-12(11-5-2-1-3-6-11)8-9-14-18-13-7-4-10-17-15(13)19-14/h1-7,10,12H,8-9,16H2. The van der Waals surface area contributed by atoms with Crippen molar-refractivity contribution in [2.75, 3.05) is 0 Å². The average Bonchev–Trinajstić information content (AvgIpc) is 2.88. The molecule has 3 nitrogen and oxygen atoms in total. The lowest BCUT2D eigenvalue weighted by Gasteiger charge is -2.10. The van der Waals surface area contributed by atoms with Crippen LogP contribution in [0.25, 0.3) is 10.3 Å². The van der Waals surface area contributed by atoms with Crippen LogP contribution in [-0.4, -0.2) is 9.97 Å². The summed E-state index contributed by atoms with van der Waals surface area (Å²) in [6.07, 6.45) is 3.61. The largest absolute Gasteiger partial charge is 0.324 e. The van der Waals surface area contributed by atoms with Crippen molar-refractivity contribution in [1.29, 1.82) is 0 Å². The molecule has 0 aliphatic heterocycles. The molecule has 0 saturated carbocycles. The van der Waals surface area contributed by atoms with Gasteiger partial charge in [-0.05, 0) is 24.1 Å². The highest BCUT2D eigenvalue weighted by Gasteiger charge is 2.09. The molecular weight excluding hydrogens is 254 g/mol. The summed E-state index contributed by atoms with van der Waals surface area (Å²) in [7, 11) is 0. The van der Waals surface area contributed by atoms with E-state index in [0.29, 0.717) is 0 Å². The van der Waals surface area contributed by atoms with Gasteiger partial charge in [-0.2, -0.15) is 0 Å². The lowest BCUT2D eigenvalue weighted by atomic mass is 10.0. The Morgan fingerprint density at radius 3 is 2.74 bits per heavy atom. The summed E-state index contributed by atoms with van der Waals surface area (Å²) < 4.78 is 0. The number of fused-ring (bicyclic) bond motifs is 1. The van der Waals surface area contributed by atoms with Gasteiger partial charge in [0.05, 0.1) is 5.01 Å². The minimum atomic E-state index is 0.0705.